The van der Waals surface area contributed by atoms with Gasteiger partial charge in [0.15, 0.2) is 5.96 Å². The average Bonchev–Trinajstić information content (AvgIpc) is 2.65. The van der Waals surface area contributed by atoms with Crippen molar-refractivity contribution < 1.29 is 9.53 Å². The summed E-state index contributed by atoms with van der Waals surface area (Å²) < 4.78 is 5.59. The van der Waals surface area contributed by atoms with E-state index in [1.165, 1.54) is 4.90 Å². The van der Waals surface area contributed by atoms with E-state index in [2.05, 4.69) is 41.6 Å². The molecule has 0 saturated carbocycles. The SMILES string of the molecule is CC(C)COCCCNC(=NCC(=O)N(C)C)NCCSc1ccccc1.I. The minimum Gasteiger partial charge on any atom is -0.381 e. The Hall–Kier alpha value is -1.000. The van der Waals surface area contributed by atoms with E-state index >= 15 is 0 Å². The first kappa shape index (κ1) is 27.0. The first-order valence-electron chi connectivity index (χ1n) is 9.47. The third kappa shape index (κ3) is 14.1. The number of carbonyl (C=O) groups excluding carboxylic acids is 1. The first-order chi connectivity index (χ1) is 13.0. The number of nitrogens with zero attached hydrogens (tertiary/aromatic N) is 2. The Balaban J connectivity index is 0.00000729. The molecule has 2 N–H and O–H groups in total. The Morgan fingerprint density at radius 3 is 2.50 bits per heavy atom. The molecule has 0 bridgehead atoms. The molecule has 0 aliphatic heterocycles. The number of carbonyl (C=O) groups is 1. The number of rotatable bonds is 12. The van der Waals surface area contributed by atoms with E-state index in [0.717, 1.165) is 38.5 Å². The van der Waals surface area contributed by atoms with Gasteiger partial charge in [-0.2, -0.15) is 0 Å². The third-order valence-electron chi connectivity index (χ3n) is 3.49. The van der Waals surface area contributed by atoms with Crippen LogP contribution in [0.1, 0.15) is 20.3 Å². The molecule has 0 fully saturated rings. The summed E-state index contributed by atoms with van der Waals surface area (Å²) in [5, 5.41) is 6.58. The number of guanidine groups is 1. The van der Waals surface area contributed by atoms with Crippen LogP contribution in [0.3, 0.4) is 0 Å². The zero-order chi connectivity index (χ0) is 19.9. The van der Waals surface area contributed by atoms with E-state index in [1.807, 2.05) is 18.2 Å². The predicted octanol–water partition coefficient (Wildman–Crippen LogP) is 3.08. The molecule has 0 heterocycles. The van der Waals surface area contributed by atoms with Gasteiger partial charge in [0, 0.05) is 51.0 Å². The summed E-state index contributed by atoms with van der Waals surface area (Å²) in [6.07, 6.45) is 0.897. The normalized spacial score (nSPS) is 11.1. The number of hydrogen-bond acceptors (Lipinski definition) is 4. The summed E-state index contributed by atoms with van der Waals surface area (Å²) in [7, 11) is 3.47. The van der Waals surface area contributed by atoms with Crippen LogP contribution < -0.4 is 10.6 Å². The minimum atomic E-state index is -0.0185. The van der Waals surface area contributed by atoms with Gasteiger partial charge in [-0.15, -0.1) is 35.7 Å². The number of likely N-dealkylation sites (N-methyl/N-ethyl adjacent to an activating group) is 1. The lowest BCUT2D eigenvalue weighted by Crippen LogP contribution is -2.40. The number of halogens is 1. The second-order valence-corrected chi connectivity index (χ2v) is 7.96. The second-order valence-electron chi connectivity index (χ2n) is 6.79. The highest BCUT2D eigenvalue weighted by atomic mass is 127. The van der Waals surface area contributed by atoms with Gasteiger partial charge in [-0.25, -0.2) is 4.99 Å². The minimum absolute atomic E-state index is 0. The smallest absolute Gasteiger partial charge is 0.243 e. The van der Waals surface area contributed by atoms with Gasteiger partial charge in [-0.05, 0) is 24.5 Å². The van der Waals surface area contributed by atoms with Gasteiger partial charge in [0.05, 0.1) is 0 Å². The van der Waals surface area contributed by atoms with E-state index in [9.17, 15) is 4.79 Å². The fourth-order valence-electron chi connectivity index (χ4n) is 2.02. The van der Waals surface area contributed by atoms with Crippen molar-refractivity contribution in [3.63, 3.8) is 0 Å². The zero-order valence-electron chi connectivity index (χ0n) is 17.4. The summed E-state index contributed by atoms with van der Waals surface area (Å²) in [5.41, 5.74) is 0. The van der Waals surface area contributed by atoms with Gasteiger partial charge in [0.1, 0.15) is 6.54 Å². The van der Waals surface area contributed by atoms with Crippen molar-refractivity contribution in [1.29, 1.82) is 0 Å². The molecule has 1 rings (SSSR count). The van der Waals surface area contributed by atoms with E-state index in [4.69, 9.17) is 4.74 Å². The molecule has 1 aromatic carbocycles. The molecule has 0 spiro atoms. The number of amides is 1. The quantitative estimate of drug-likeness (QED) is 0.145. The van der Waals surface area contributed by atoms with Crippen molar-refractivity contribution >= 4 is 47.6 Å². The molecule has 8 heteroatoms. The number of nitrogens with one attached hydrogen (secondary N) is 2. The van der Waals surface area contributed by atoms with Crippen molar-refractivity contribution in [2.45, 2.75) is 25.2 Å². The Bertz CT molecular complexity index is 556. The topological polar surface area (TPSA) is 66.0 Å². The zero-order valence-corrected chi connectivity index (χ0v) is 20.6. The average molecular weight is 522 g/mol. The molecule has 160 valence electrons. The van der Waals surface area contributed by atoms with Crippen LogP contribution in [0, 0.1) is 5.92 Å². The highest BCUT2D eigenvalue weighted by Crippen LogP contribution is 2.15. The molecule has 0 aliphatic rings. The van der Waals surface area contributed by atoms with Crippen molar-refractivity contribution in [3.05, 3.63) is 30.3 Å². The van der Waals surface area contributed by atoms with Gasteiger partial charge in [0.2, 0.25) is 5.91 Å². The fraction of sp³-hybridized carbons (Fsp3) is 0.600. The van der Waals surface area contributed by atoms with Crippen LogP contribution in [0.2, 0.25) is 0 Å². The molecule has 0 saturated heterocycles. The second kappa shape index (κ2) is 16.9. The maximum Gasteiger partial charge on any atom is 0.243 e. The van der Waals surface area contributed by atoms with Crippen LogP contribution in [-0.2, 0) is 9.53 Å². The summed E-state index contributed by atoms with van der Waals surface area (Å²) in [5.74, 6) is 2.12. The number of hydrogen-bond donors (Lipinski definition) is 2. The lowest BCUT2D eigenvalue weighted by molar-refractivity contribution is -0.127. The van der Waals surface area contributed by atoms with Crippen molar-refractivity contribution in [1.82, 2.24) is 15.5 Å². The number of thioether (sulfide) groups is 1. The largest absolute Gasteiger partial charge is 0.381 e. The summed E-state index contributed by atoms with van der Waals surface area (Å²) in [6, 6.07) is 10.3. The summed E-state index contributed by atoms with van der Waals surface area (Å²) >= 11 is 1.79. The summed E-state index contributed by atoms with van der Waals surface area (Å²) in [4.78, 5) is 19.0. The molecular weight excluding hydrogens is 487 g/mol. The van der Waals surface area contributed by atoms with Gasteiger partial charge >= 0.3 is 0 Å². The number of benzene rings is 1. The van der Waals surface area contributed by atoms with Crippen LogP contribution >= 0.6 is 35.7 Å². The molecule has 6 nitrogen and oxygen atoms in total. The van der Waals surface area contributed by atoms with Crippen LogP contribution in [0.4, 0.5) is 0 Å². The number of ether oxygens (including phenoxy) is 1. The van der Waals surface area contributed by atoms with Gasteiger partial charge < -0.3 is 20.3 Å². The lowest BCUT2D eigenvalue weighted by Gasteiger charge is -2.14. The maximum absolute atomic E-state index is 11.8. The van der Waals surface area contributed by atoms with Gasteiger partial charge in [0.25, 0.3) is 0 Å². The van der Waals surface area contributed by atoms with Gasteiger partial charge in [-0.3, -0.25) is 4.79 Å². The number of aliphatic imine (C=N–C) groups is 1. The Morgan fingerprint density at radius 1 is 1.18 bits per heavy atom. The maximum atomic E-state index is 11.8. The molecule has 28 heavy (non-hydrogen) atoms. The molecule has 1 amide bonds. The molecule has 1 aromatic rings. The summed E-state index contributed by atoms with van der Waals surface area (Å²) in [6.45, 7) is 7.45. The van der Waals surface area contributed by atoms with Gasteiger partial charge in [-0.1, -0.05) is 32.0 Å². The first-order valence-corrected chi connectivity index (χ1v) is 10.5. The molecule has 0 aliphatic carbocycles. The molecular formula is C20H35IN4O2S. The van der Waals surface area contributed by atoms with E-state index in [1.54, 1.807) is 30.8 Å². The van der Waals surface area contributed by atoms with E-state index < -0.39 is 0 Å². The molecule has 0 radical (unpaired) electrons. The third-order valence-corrected chi connectivity index (χ3v) is 4.50. The van der Waals surface area contributed by atoms with E-state index in [-0.39, 0.29) is 36.4 Å². The predicted molar refractivity (Wildman–Crippen MR) is 130 cm³/mol. The fourth-order valence-corrected chi connectivity index (χ4v) is 2.81. The van der Waals surface area contributed by atoms with Crippen LogP contribution in [0.15, 0.2) is 40.2 Å². The highest BCUT2D eigenvalue weighted by molar-refractivity contribution is 14.0. The van der Waals surface area contributed by atoms with Crippen molar-refractivity contribution in [2.24, 2.45) is 10.9 Å². The Labute approximate surface area is 191 Å². The standard InChI is InChI=1S/C20H34N4O2S.HI/c1-17(2)16-26-13-8-11-21-20(23-15-19(25)24(3)4)22-12-14-27-18-9-6-5-7-10-18;/h5-7,9-10,17H,8,11-16H2,1-4H3,(H2,21,22,23);1H. The molecule has 0 atom stereocenters. The van der Waals surface area contributed by atoms with Crippen LogP contribution in [0.25, 0.3) is 0 Å². The lowest BCUT2D eigenvalue weighted by atomic mass is 10.2. The monoisotopic (exact) mass is 522 g/mol. The molecule has 0 aromatic heterocycles. The highest BCUT2D eigenvalue weighted by Gasteiger charge is 2.04. The van der Waals surface area contributed by atoms with Crippen LogP contribution in [0.5, 0.6) is 0 Å². The van der Waals surface area contributed by atoms with Crippen molar-refractivity contribution in [3.8, 4) is 0 Å². The van der Waals surface area contributed by atoms with Crippen molar-refractivity contribution in [2.75, 3.05) is 52.7 Å². The Kier molecular flexibility index (Phi) is 16.3. The molecule has 0 unspecified atom stereocenters. The Morgan fingerprint density at radius 2 is 1.86 bits per heavy atom. The van der Waals surface area contributed by atoms with E-state index in [0.29, 0.717) is 11.9 Å². The van der Waals surface area contributed by atoms with Crippen LogP contribution in [-0.4, -0.2) is 69.5 Å².